The minimum atomic E-state index is -0.464. The monoisotopic (exact) mass is 260 g/mol. The summed E-state index contributed by atoms with van der Waals surface area (Å²) in [6, 6.07) is 7.16. The maximum atomic E-state index is 11.4. The average Bonchev–Trinajstić information content (AvgIpc) is 2.46. The van der Waals surface area contributed by atoms with Crippen LogP contribution in [0.1, 0.15) is 6.92 Å². The Kier molecular flexibility index (Phi) is 3.85. The van der Waals surface area contributed by atoms with Crippen LogP contribution in [0.25, 0.3) is 10.8 Å². The van der Waals surface area contributed by atoms with Crippen LogP contribution in [0.15, 0.2) is 30.5 Å². The fourth-order valence-corrected chi connectivity index (χ4v) is 1.83. The van der Waals surface area contributed by atoms with E-state index in [4.69, 9.17) is 4.74 Å². The lowest BCUT2D eigenvalue weighted by atomic mass is 10.1. The quantitative estimate of drug-likeness (QED) is 0.854. The fraction of sp³-hybridized carbons (Fsp3) is 0.286. The third-order valence-electron chi connectivity index (χ3n) is 2.88. The first-order valence-electron chi connectivity index (χ1n) is 5.93. The third-order valence-corrected chi connectivity index (χ3v) is 2.88. The highest BCUT2D eigenvalue weighted by Crippen LogP contribution is 2.26. The summed E-state index contributed by atoms with van der Waals surface area (Å²) in [4.78, 5) is 15.7. The van der Waals surface area contributed by atoms with Crippen LogP contribution in [-0.2, 0) is 9.53 Å². The zero-order valence-electron chi connectivity index (χ0n) is 11.1. The third kappa shape index (κ3) is 2.76. The second-order valence-corrected chi connectivity index (χ2v) is 4.14. The molecule has 0 bridgehead atoms. The summed E-state index contributed by atoms with van der Waals surface area (Å²) in [7, 11) is 2.97. The van der Waals surface area contributed by atoms with E-state index >= 15 is 0 Å². The molecule has 19 heavy (non-hydrogen) atoms. The Morgan fingerprint density at radius 3 is 2.79 bits per heavy atom. The van der Waals surface area contributed by atoms with Crippen molar-refractivity contribution in [1.82, 2.24) is 4.98 Å². The average molecular weight is 260 g/mol. The molecule has 100 valence electrons. The van der Waals surface area contributed by atoms with Crippen LogP contribution < -0.4 is 10.1 Å². The molecule has 0 radical (unpaired) electrons. The fourth-order valence-electron chi connectivity index (χ4n) is 1.83. The van der Waals surface area contributed by atoms with Crippen molar-refractivity contribution in [2.24, 2.45) is 0 Å². The second kappa shape index (κ2) is 5.56. The molecule has 0 aliphatic rings. The van der Waals surface area contributed by atoms with Crippen molar-refractivity contribution >= 4 is 22.6 Å². The summed E-state index contributed by atoms with van der Waals surface area (Å²) in [5, 5.41) is 4.97. The smallest absolute Gasteiger partial charge is 0.328 e. The Balaban J connectivity index is 2.39. The first-order chi connectivity index (χ1) is 9.15. The van der Waals surface area contributed by atoms with E-state index in [-0.39, 0.29) is 5.97 Å². The van der Waals surface area contributed by atoms with Gasteiger partial charge in [-0.15, -0.1) is 0 Å². The number of ether oxygens (including phenoxy) is 2. The molecule has 1 atom stereocenters. The van der Waals surface area contributed by atoms with Gasteiger partial charge in [0.05, 0.1) is 14.2 Å². The van der Waals surface area contributed by atoms with Crippen LogP contribution in [-0.4, -0.2) is 31.2 Å². The van der Waals surface area contributed by atoms with E-state index in [1.807, 2.05) is 24.3 Å². The van der Waals surface area contributed by atoms with E-state index in [9.17, 15) is 4.79 Å². The van der Waals surface area contributed by atoms with E-state index in [1.165, 1.54) is 7.11 Å². The number of nitrogens with zero attached hydrogens (tertiary/aromatic N) is 1. The van der Waals surface area contributed by atoms with Gasteiger partial charge in [0.15, 0.2) is 0 Å². The highest BCUT2D eigenvalue weighted by atomic mass is 16.5. The zero-order valence-corrected chi connectivity index (χ0v) is 11.1. The van der Waals surface area contributed by atoms with E-state index in [2.05, 4.69) is 15.0 Å². The minimum Gasteiger partial charge on any atom is -0.497 e. The number of fused-ring (bicyclic) bond motifs is 1. The maximum Gasteiger partial charge on any atom is 0.328 e. The van der Waals surface area contributed by atoms with Gasteiger partial charge in [0.1, 0.15) is 17.6 Å². The van der Waals surface area contributed by atoms with Crippen molar-refractivity contribution in [3.8, 4) is 5.75 Å². The van der Waals surface area contributed by atoms with Crippen LogP contribution in [0.4, 0.5) is 5.82 Å². The number of nitrogens with one attached hydrogen (secondary N) is 1. The number of benzene rings is 1. The number of esters is 1. The normalized spacial score (nSPS) is 11.9. The molecule has 0 spiro atoms. The van der Waals surface area contributed by atoms with Crippen LogP contribution in [0, 0.1) is 0 Å². The van der Waals surface area contributed by atoms with Gasteiger partial charge < -0.3 is 14.8 Å². The molecule has 1 aromatic heterocycles. The topological polar surface area (TPSA) is 60.5 Å². The summed E-state index contributed by atoms with van der Waals surface area (Å²) in [5.41, 5.74) is 0. The van der Waals surface area contributed by atoms with Crippen LogP contribution in [0.5, 0.6) is 5.75 Å². The van der Waals surface area contributed by atoms with Crippen molar-refractivity contribution in [3.63, 3.8) is 0 Å². The molecule has 1 N–H and O–H groups in total. The summed E-state index contributed by atoms with van der Waals surface area (Å²) in [5.74, 6) is 1.05. The number of pyridine rings is 1. The Morgan fingerprint density at radius 1 is 1.32 bits per heavy atom. The second-order valence-electron chi connectivity index (χ2n) is 4.14. The van der Waals surface area contributed by atoms with Gasteiger partial charge in [-0.3, -0.25) is 0 Å². The molecular weight excluding hydrogens is 244 g/mol. The van der Waals surface area contributed by atoms with Gasteiger partial charge in [-0.25, -0.2) is 9.78 Å². The van der Waals surface area contributed by atoms with Gasteiger partial charge in [-0.1, -0.05) is 6.07 Å². The molecule has 2 aromatic rings. The lowest BCUT2D eigenvalue weighted by molar-refractivity contribution is -0.141. The molecule has 1 unspecified atom stereocenters. The molecule has 2 rings (SSSR count). The van der Waals surface area contributed by atoms with Gasteiger partial charge in [0.25, 0.3) is 0 Å². The van der Waals surface area contributed by atoms with Crippen LogP contribution in [0.3, 0.4) is 0 Å². The molecular formula is C14H16N2O3. The molecule has 0 aliphatic heterocycles. The Morgan fingerprint density at radius 2 is 2.11 bits per heavy atom. The lowest BCUT2D eigenvalue weighted by Gasteiger charge is -2.14. The van der Waals surface area contributed by atoms with E-state index < -0.39 is 6.04 Å². The number of hydrogen-bond donors (Lipinski definition) is 1. The summed E-state index contributed by atoms with van der Waals surface area (Å²) < 4.78 is 9.89. The number of methoxy groups -OCH3 is 2. The van der Waals surface area contributed by atoms with Gasteiger partial charge in [-0.2, -0.15) is 0 Å². The van der Waals surface area contributed by atoms with Crippen LogP contribution >= 0.6 is 0 Å². The molecule has 0 aliphatic carbocycles. The summed E-state index contributed by atoms with van der Waals surface area (Å²) in [6.07, 6.45) is 1.70. The molecule has 0 saturated heterocycles. The largest absolute Gasteiger partial charge is 0.497 e. The molecule has 0 saturated carbocycles. The molecule has 0 fully saturated rings. The van der Waals surface area contributed by atoms with Gasteiger partial charge in [-0.05, 0) is 30.5 Å². The van der Waals surface area contributed by atoms with Crippen LogP contribution in [0.2, 0.25) is 0 Å². The van der Waals surface area contributed by atoms with Crippen molar-refractivity contribution in [2.45, 2.75) is 13.0 Å². The van der Waals surface area contributed by atoms with Gasteiger partial charge in [0.2, 0.25) is 0 Å². The molecule has 1 heterocycles. The zero-order chi connectivity index (χ0) is 13.8. The van der Waals surface area contributed by atoms with Crippen molar-refractivity contribution < 1.29 is 14.3 Å². The first-order valence-corrected chi connectivity index (χ1v) is 5.93. The highest BCUT2D eigenvalue weighted by molar-refractivity contribution is 5.94. The standard InChI is InChI=1S/C14H16N2O3/c1-9(14(17)19-3)16-13-12-8-11(18-2)5-4-10(12)6-7-15-13/h4-9H,1-3H3,(H,15,16). The SMILES string of the molecule is COC(=O)C(C)Nc1nccc2ccc(OC)cc12. The maximum absolute atomic E-state index is 11.4. The molecule has 5 nitrogen and oxygen atoms in total. The van der Waals surface area contributed by atoms with Crippen molar-refractivity contribution in [1.29, 1.82) is 0 Å². The molecule has 1 aromatic carbocycles. The first kappa shape index (κ1) is 13.1. The Hall–Kier alpha value is -2.30. The summed E-state index contributed by atoms with van der Waals surface area (Å²) >= 11 is 0. The lowest BCUT2D eigenvalue weighted by Crippen LogP contribution is -2.27. The summed E-state index contributed by atoms with van der Waals surface area (Å²) in [6.45, 7) is 1.73. The van der Waals surface area contributed by atoms with Crippen molar-refractivity contribution in [3.05, 3.63) is 30.5 Å². The van der Waals surface area contributed by atoms with E-state index in [1.54, 1.807) is 20.2 Å². The number of carbonyl (C=O) groups excluding carboxylic acids is 1. The van der Waals surface area contributed by atoms with E-state index in [0.717, 1.165) is 16.5 Å². The number of aromatic nitrogens is 1. The highest BCUT2D eigenvalue weighted by Gasteiger charge is 2.14. The van der Waals surface area contributed by atoms with Gasteiger partial charge in [0, 0.05) is 11.6 Å². The number of anilines is 1. The number of hydrogen-bond acceptors (Lipinski definition) is 5. The predicted octanol–water partition coefficient (Wildman–Crippen LogP) is 2.22. The Labute approximate surface area is 111 Å². The number of rotatable bonds is 4. The minimum absolute atomic E-state index is 0.332. The van der Waals surface area contributed by atoms with Crippen molar-refractivity contribution in [2.75, 3.05) is 19.5 Å². The molecule has 5 heteroatoms. The predicted molar refractivity (Wildman–Crippen MR) is 73.4 cm³/mol. The molecule has 0 amide bonds. The van der Waals surface area contributed by atoms with Gasteiger partial charge >= 0.3 is 5.97 Å². The van der Waals surface area contributed by atoms with E-state index in [0.29, 0.717) is 5.82 Å². The number of carbonyl (C=O) groups is 1. The Bertz CT molecular complexity index is 598.